The number of allylic oxidation sites excluding steroid dienone is 2. The zero-order chi connectivity index (χ0) is 11.3. The Labute approximate surface area is 93.5 Å². The minimum Gasteiger partial charge on any atom is -0.349 e. The lowest BCUT2D eigenvalue weighted by atomic mass is 9.95. The predicted octanol–water partition coefficient (Wildman–Crippen LogP) is 1.82. The molecule has 0 fully saturated rings. The first-order valence-electron chi connectivity index (χ1n) is 5.65. The van der Waals surface area contributed by atoms with Crippen molar-refractivity contribution >= 4 is 5.96 Å². The molecule has 0 saturated carbocycles. The van der Waals surface area contributed by atoms with Gasteiger partial charge < -0.3 is 9.80 Å². The number of hydrogen-bond donors (Lipinski definition) is 0. The van der Waals surface area contributed by atoms with Crippen LogP contribution in [0.5, 0.6) is 0 Å². The number of hydrogen-bond acceptors (Lipinski definition) is 1. The molecule has 0 aliphatic heterocycles. The summed E-state index contributed by atoms with van der Waals surface area (Å²) in [7, 11) is 8.17. The van der Waals surface area contributed by atoms with Gasteiger partial charge in [0, 0.05) is 34.7 Å². The van der Waals surface area contributed by atoms with Crippen molar-refractivity contribution in [1.82, 2.24) is 9.80 Å². The van der Waals surface area contributed by atoms with Crippen LogP contribution >= 0.6 is 0 Å². The smallest absolute Gasteiger partial charge is 0.195 e. The third kappa shape index (κ3) is 3.94. The highest BCUT2D eigenvalue weighted by atomic mass is 15.3. The summed E-state index contributed by atoms with van der Waals surface area (Å²) in [6.45, 7) is 0.954. The van der Waals surface area contributed by atoms with Gasteiger partial charge in [-0.05, 0) is 25.2 Å². The second-order valence-electron chi connectivity index (χ2n) is 4.58. The topological polar surface area (TPSA) is 18.8 Å². The Hall–Kier alpha value is -0.990. The molecule has 1 aliphatic rings. The van der Waals surface area contributed by atoms with E-state index in [1.165, 1.54) is 19.3 Å². The SMILES string of the molecule is CN(C)C(=NC[C@H]1CC=CCC1)N(C)C. The van der Waals surface area contributed by atoms with E-state index < -0.39 is 0 Å². The molecule has 0 aromatic carbocycles. The molecule has 0 bridgehead atoms. The van der Waals surface area contributed by atoms with Gasteiger partial charge >= 0.3 is 0 Å². The van der Waals surface area contributed by atoms with Crippen molar-refractivity contribution in [1.29, 1.82) is 0 Å². The lowest BCUT2D eigenvalue weighted by Crippen LogP contribution is -2.35. The fourth-order valence-electron chi connectivity index (χ4n) is 1.92. The van der Waals surface area contributed by atoms with Crippen LogP contribution < -0.4 is 0 Å². The summed E-state index contributed by atoms with van der Waals surface area (Å²) in [5.41, 5.74) is 0. The Morgan fingerprint density at radius 1 is 1.20 bits per heavy atom. The molecule has 0 spiro atoms. The van der Waals surface area contributed by atoms with E-state index >= 15 is 0 Å². The Kier molecular flexibility index (Phi) is 4.66. The van der Waals surface area contributed by atoms with Gasteiger partial charge in [0.1, 0.15) is 0 Å². The van der Waals surface area contributed by atoms with Gasteiger partial charge in [-0.15, -0.1) is 0 Å². The number of nitrogens with zero attached hydrogens (tertiary/aromatic N) is 3. The van der Waals surface area contributed by atoms with Crippen LogP contribution in [0, 0.1) is 5.92 Å². The van der Waals surface area contributed by atoms with Gasteiger partial charge in [-0.1, -0.05) is 12.2 Å². The molecule has 0 amide bonds. The monoisotopic (exact) mass is 209 g/mol. The molecule has 0 aromatic rings. The average molecular weight is 209 g/mol. The summed E-state index contributed by atoms with van der Waals surface area (Å²) in [6.07, 6.45) is 8.26. The normalized spacial score (nSPS) is 19.9. The average Bonchev–Trinajstić information content (AvgIpc) is 2.18. The molecule has 1 aliphatic carbocycles. The van der Waals surface area contributed by atoms with Gasteiger partial charge in [0.25, 0.3) is 0 Å². The lowest BCUT2D eigenvalue weighted by molar-refractivity contribution is 0.454. The van der Waals surface area contributed by atoms with Crippen LogP contribution in [0.3, 0.4) is 0 Å². The van der Waals surface area contributed by atoms with Gasteiger partial charge in [-0.25, -0.2) is 0 Å². The molecule has 0 saturated heterocycles. The quantitative estimate of drug-likeness (QED) is 0.392. The van der Waals surface area contributed by atoms with Crippen molar-refractivity contribution in [3.05, 3.63) is 12.2 Å². The van der Waals surface area contributed by atoms with Gasteiger partial charge in [0.2, 0.25) is 0 Å². The zero-order valence-corrected chi connectivity index (χ0v) is 10.4. The minimum absolute atomic E-state index is 0.741. The largest absolute Gasteiger partial charge is 0.349 e. The fourth-order valence-corrected chi connectivity index (χ4v) is 1.92. The van der Waals surface area contributed by atoms with E-state index in [4.69, 9.17) is 0 Å². The molecule has 0 N–H and O–H groups in total. The van der Waals surface area contributed by atoms with E-state index in [0.717, 1.165) is 18.4 Å². The second-order valence-corrected chi connectivity index (χ2v) is 4.58. The Bertz CT molecular complexity index is 231. The molecule has 1 rings (SSSR count). The van der Waals surface area contributed by atoms with Crippen molar-refractivity contribution in [2.45, 2.75) is 19.3 Å². The van der Waals surface area contributed by atoms with Crippen molar-refractivity contribution < 1.29 is 0 Å². The summed E-state index contributed by atoms with van der Waals surface area (Å²) in [4.78, 5) is 8.82. The Morgan fingerprint density at radius 3 is 2.33 bits per heavy atom. The van der Waals surface area contributed by atoms with Crippen molar-refractivity contribution in [3.63, 3.8) is 0 Å². The number of guanidine groups is 1. The van der Waals surface area contributed by atoms with E-state index in [-0.39, 0.29) is 0 Å². The third-order valence-electron chi connectivity index (χ3n) is 2.67. The molecule has 0 radical (unpaired) electrons. The maximum atomic E-state index is 4.68. The highest BCUT2D eigenvalue weighted by Crippen LogP contribution is 2.18. The fraction of sp³-hybridized carbons (Fsp3) is 0.750. The molecule has 15 heavy (non-hydrogen) atoms. The van der Waals surface area contributed by atoms with Gasteiger partial charge in [-0.3, -0.25) is 4.99 Å². The summed E-state index contributed by atoms with van der Waals surface area (Å²) in [5.74, 6) is 1.80. The molecule has 1 atom stereocenters. The van der Waals surface area contributed by atoms with Crippen LogP contribution in [-0.4, -0.2) is 50.5 Å². The summed E-state index contributed by atoms with van der Waals surface area (Å²) < 4.78 is 0. The van der Waals surface area contributed by atoms with E-state index in [2.05, 4.69) is 26.9 Å². The molecule has 0 aromatic heterocycles. The van der Waals surface area contributed by atoms with Crippen LogP contribution in [0.2, 0.25) is 0 Å². The molecular formula is C12H23N3. The highest BCUT2D eigenvalue weighted by molar-refractivity contribution is 5.79. The Morgan fingerprint density at radius 2 is 1.87 bits per heavy atom. The first-order chi connectivity index (χ1) is 7.11. The predicted molar refractivity (Wildman–Crippen MR) is 66.2 cm³/mol. The summed E-state index contributed by atoms with van der Waals surface area (Å²) >= 11 is 0. The maximum Gasteiger partial charge on any atom is 0.195 e. The first kappa shape index (κ1) is 12.1. The van der Waals surface area contributed by atoms with Gasteiger partial charge in [0.15, 0.2) is 5.96 Å². The standard InChI is InChI=1S/C12H23N3/c1-14(2)12(15(3)4)13-10-11-8-6-5-7-9-11/h5-6,11H,7-10H2,1-4H3/t11-/m0/s1. The van der Waals surface area contributed by atoms with Crippen LogP contribution in [0.25, 0.3) is 0 Å². The van der Waals surface area contributed by atoms with Crippen LogP contribution in [0.4, 0.5) is 0 Å². The lowest BCUT2D eigenvalue weighted by Gasteiger charge is -2.24. The van der Waals surface area contributed by atoms with E-state index in [0.29, 0.717) is 0 Å². The number of rotatable bonds is 2. The summed E-state index contributed by atoms with van der Waals surface area (Å²) in [5, 5.41) is 0. The van der Waals surface area contributed by atoms with Crippen LogP contribution in [-0.2, 0) is 0 Å². The van der Waals surface area contributed by atoms with Crippen molar-refractivity contribution in [3.8, 4) is 0 Å². The molecule has 0 heterocycles. The third-order valence-corrected chi connectivity index (χ3v) is 2.67. The van der Waals surface area contributed by atoms with E-state index in [9.17, 15) is 0 Å². The summed E-state index contributed by atoms with van der Waals surface area (Å²) in [6, 6.07) is 0. The minimum atomic E-state index is 0.741. The van der Waals surface area contributed by atoms with E-state index in [1.807, 2.05) is 28.2 Å². The highest BCUT2D eigenvalue weighted by Gasteiger charge is 2.10. The molecular weight excluding hydrogens is 186 g/mol. The molecule has 0 unspecified atom stereocenters. The zero-order valence-electron chi connectivity index (χ0n) is 10.4. The molecule has 3 nitrogen and oxygen atoms in total. The van der Waals surface area contributed by atoms with Crippen LogP contribution in [0.1, 0.15) is 19.3 Å². The van der Waals surface area contributed by atoms with Crippen LogP contribution in [0.15, 0.2) is 17.1 Å². The molecule has 3 heteroatoms. The van der Waals surface area contributed by atoms with Crippen molar-refractivity contribution in [2.75, 3.05) is 34.7 Å². The second kappa shape index (κ2) is 5.79. The first-order valence-corrected chi connectivity index (χ1v) is 5.65. The van der Waals surface area contributed by atoms with E-state index in [1.54, 1.807) is 0 Å². The van der Waals surface area contributed by atoms with Gasteiger partial charge in [-0.2, -0.15) is 0 Å². The number of aliphatic imine (C=N–C) groups is 1. The Balaban J connectivity index is 2.49. The molecule has 86 valence electrons. The maximum absolute atomic E-state index is 4.68. The van der Waals surface area contributed by atoms with Gasteiger partial charge in [0.05, 0.1) is 0 Å². The van der Waals surface area contributed by atoms with Crippen molar-refractivity contribution in [2.24, 2.45) is 10.9 Å².